The zero-order valence-corrected chi connectivity index (χ0v) is 16.2. The molecule has 4 nitrogen and oxygen atoms in total. The Bertz CT molecular complexity index is 933. The molecule has 1 atom stereocenters. The molecule has 0 radical (unpaired) electrons. The number of ether oxygens (including phenoxy) is 1. The average molecular weight is 366 g/mol. The topological polar surface area (TPSA) is 51.2 Å². The van der Waals surface area contributed by atoms with E-state index < -0.39 is 6.10 Å². The van der Waals surface area contributed by atoms with E-state index >= 15 is 0 Å². The van der Waals surface area contributed by atoms with Crippen LogP contribution in [0.4, 0.5) is 5.13 Å². The molecule has 0 fully saturated rings. The first-order valence-electron chi connectivity index (χ1n) is 8.50. The van der Waals surface area contributed by atoms with Crippen molar-refractivity contribution in [1.82, 2.24) is 4.98 Å². The Labute approximate surface area is 157 Å². The van der Waals surface area contributed by atoms with Crippen LogP contribution in [0.15, 0.2) is 47.8 Å². The first kappa shape index (κ1) is 18.1. The van der Waals surface area contributed by atoms with Crippen molar-refractivity contribution in [3.05, 3.63) is 64.5 Å². The molecule has 0 aliphatic carbocycles. The van der Waals surface area contributed by atoms with Crippen LogP contribution in [-0.2, 0) is 4.79 Å². The Hall–Kier alpha value is -2.66. The normalized spacial score (nSPS) is 11.8. The summed E-state index contributed by atoms with van der Waals surface area (Å²) in [6, 6.07) is 13.9. The maximum Gasteiger partial charge on any atom is 0.266 e. The number of anilines is 1. The number of aryl methyl sites for hydroxylation is 3. The molecule has 1 aromatic heterocycles. The quantitative estimate of drug-likeness (QED) is 0.680. The molecule has 0 saturated heterocycles. The van der Waals surface area contributed by atoms with E-state index in [2.05, 4.69) is 36.3 Å². The summed E-state index contributed by atoms with van der Waals surface area (Å²) in [5.41, 5.74) is 5.48. The third kappa shape index (κ3) is 4.29. The van der Waals surface area contributed by atoms with Crippen molar-refractivity contribution in [2.75, 3.05) is 5.32 Å². The zero-order chi connectivity index (χ0) is 18.7. The van der Waals surface area contributed by atoms with Gasteiger partial charge in [0, 0.05) is 10.9 Å². The van der Waals surface area contributed by atoms with E-state index in [0.29, 0.717) is 10.9 Å². The minimum atomic E-state index is -0.606. The smallest absolute Gasteiger partial charge is 0.266 e. The molecule has 0 unspecified atom stereocenters. The van der Waals surface area contributed by atoms with Crippen LogP contribution in [0.25, 0.3) is 11.3 Å². The summed E-state index contributed by atoms with van der Waals surface area (Å²) in [5, 5.41) is 5.36. The minimum Gasteiger partial charge on any atom is -0.481 e. The van der Waals surface area contributed by atoms with E-state index in [1.807, 2.05) is 42.6 Å². The Morgan fingerprint density at radius 3 is 2.65 bits per heavy atom. The van der Waals surface area contributed by atoms with Gasteiger partial charge in [-0.3, -0.25) is 10.1 Å². The van der Waals surface area contributed by atoms with Crippen LogP contribution < -0.4 is 10.1 Å². The van der Waals surface area contributed by atoms with Crippen molar-refractivity contribution < 1.29 is 9.53 Å². The third-order valence-electron chi connectivity index (χ3n) is 4.21. The van der Waals surface area contributed by atoms with Gasteiger partial charge in [-0.25, -0.2) is 4.98 Å². The van der Waals surface area contributed by atoms with Gasteiger partial charge in [0.1, 0.15) is 5.75 Å². The zero-order valence-electron chi connectivity index (χ0n) is 15.4. The highest BCUT2D eigenvalue weighted by Gasteiger charge is 2.17. The third-order valence-corrected chi connectivity index (χ3v) is 4.97. The van der Waals surface area contributed by atoms with E-state index in [9.17, 15) is 4.79 Å². The van der Waals surface area contributed by atoms with Crippen LogP contribution in [0, 0.1) is 20.8 Å². The van der Waals surface area contributed by atoms with Crippen molar-refractivity contribution in [3.63, 3.8) is 0 Å². The molecule has 5 heteroatoms. The molecule has 0 spiro atoms. The van der Waals surface area contributed by atoms with Crippen LogP contribution >= 0.6 is 11.3 Å². The minimum absolute atomic E-state index is 0.215. The molecule has 2 aromatic carbocycles. The number of benzene rings is 2. The summed E-state index contributed by atoms with van der Waals surface area (Å²) < 4.78 is 5.71. The van der Waals surface area contributed by atoms with E-state index in [-0.39, 0.29) is 5.91 Å². The van der Waals surface area contributed by atoms with Gasteiger partial charge in [-0.05, 0) is 62.6 Å². The fourth-order valence-electron chi connectivity index (χ4n) is 2.52. The van der Waals surface area contributed by atoms with Crippen molar-refractivity contribution >= 4 is 22.4 Å². The Balaban J connectivity index is 1.66. The summed E-state index contributed by atoms with van der Waals surface area (Å²) in [4.78, 5) is 16.9. The van der Waals surface area contributed by atoms with Gasteiger partial charge in [-0.15, -0.1) is 11.3 Å². The van der Waals surface area contributed by atoms with Crippen LogP contribution in [0.5, 0.6) is 5.75 Å². The molecular weight excluding hydrogens is 344 g/mol. The highest BCUT2D eigenvalue weighted by Crippen LogP contribution is 2.26. The number of thiazole rings is 1. The van der Waals surface area contributed by atoms with Crippen molar-refractivity contribution in [3.8, 4) is 17.0 Å². The predicted octanol–water partition coefficient (Wildman–Crippen LogP) is 5.14. The van der Waals surface area contributed by atoms with Gasteiger partial charge in [-0.2, -0.15) is 0 Å². The lowest BCUT2D eigenvalue weighted by molar-refractivity contribution is -0.122. The molecular formula is C21H22N2O2S. The number of aromatic nitrogens is 1. The summed E-state index contributed by atoms with van der Waals surface area (Å²) in [6.07, 6.45) is -0.606. The fourth-order valence-corrected chi connectivity index (χ4v) is 3.24. The second-order valence-corrected chi connectivity index (χ2v) is 7.26. The molecule has 26 heavy (non-hydrogen) atoms. The van der Waals surface area contributed by atoms with Crippen LogP contribution in [0.2, 0.25) is 0 Å². The summed E-state index contributed by atoms with van der Waals surface area (Å²) in [6.45, 7) is 7.89. The molecule has 1 heterocycles. The predicted molar refractivity (Wildman–Crippen MR) is 107 cm³/mol. The second kappa shape index (κ2) is 7.70. The summed E-state index contributed by atoms with van der Waals surface area (Å²) in [7, 11) is 0. The number of nitrogens with one attached hydrogen (secondary N) is 1. The number of nitrogens with zero attached hydrogens (tertiary/aromatic N) is 1. The number of hydrogen-bond acceptors (Lipinski definition) is 4. The molecule has 134 valence electrons. The van der Waals surface area contributed by atoms with E-state index in [1.165, 1.54) is 22.5 Å². The van der Waals surface area contributed by atoms with Gasteiger partial charge >= 0.3 is 0 Å². The van der Waals surface area contributed by atoms with Gasteiger partial charge in [0.15, 0.2) is 11.2 Å². The monoisotopic (exact) mass is 366 g/mol. The first-order valence-corrected chi connectivity index (χ1v) is 9.37. The molecule has 3 rings (SSSR count). The van der Waals surface area contributed by atoms with Gasteiger partial charge in [0.25, 0.3) is 5.91 Å². The standard InChI is InChI=1S/C21H22N2O2S/c1-13-6-5-7-18(10-13)25-16(4)20(24)23-21-22-19(12-26-21)17-9-8-14(2)15(3)11-17/h5-12,16H,1-4H3,(H,22,23,24)/t16-/m0/s1. The number of carbonyl (C=O) groups excluding carboxylic acids is 1. The number of carbonyl (C=O) groups is 1. The molecule has 3 aromatic rings. The SMILES string of the molecule is Cc1cccc(O[C@@H](C)C(=O)Nc2nc(-c3ccc(C)c(C)c3)cs2)c1. The van der Waals surface area contributed by atoms with Crippen molar-refractivity contribution in [1.29, 1.82) is 0 Å². The molecule has 1 amide bonds. The van der Waals surface area contributed by atoms with Crippen molar-refractivity contribution in [2.45, 2.75) is 33.8 Å². The van der Waals surface area contributed by atoms with Crippen molar-refractivity contribution in [2.24, 2.45) is 0 Å². The Morgan fingerprint density at radius 1 is 1.12 bits per heavy atom. The summed E-state index contributed by atoms with van der Waals surface area (Å²) >= 11 is 1.41. The lowest BCUT2D eigenvalue weighted by Gasteiger charge is -2.14. The van der Waals surface area contributed by atoms with E-state index in [0.717, 1.165) is 16.8 Å². The second-order valence-electron chi connectivity index (χ2n) is 6.40. The van der Waals surface area contributed by atoms with Crippen LogP contribution in [0.3, 0.4) is 0 Å². The average Bonchev–Trinajstić information content (AvgIpc) is 3.05. The number of rotatable bonds is 5. The molecule has 0 saturated carbocycles. The molecule has 1 N–H and O–H groups in total. The fraction of sp³-hybridized carbons (Fsp3) is 0.238. The lowest BCUT2D eigenvalue weighted by atomic mass is 10.1. The molecule has 0 aliphatic rings. The lowest BCUT2D eigenvalue weighted by Crippen LogP contribution is -2.30. The van der Waals surface area contributed by atoms with Gasteiger partial charge in [0.2, 0.25) is 0 Å². The largest absolute Gasteiger partial charge is 0.481 e. The molecule has 0 aliphatic heterocycles. The van der Waals surface area contributed by atoms with E-state index in [4.69, 9.17) is 4.74 Å². The Kier molecular flexibility index (Phi) is 5.38. The highest BCUT2D eigenvalue weighted by molar-refractivity contribution is 7.14. The van der Waals surface area contributed by atoms with Gasteiger partial charge in [0.05, 0.1) is 5.69 Å². The van der Waals surface area contributed by atoms with Gasteiger partial charge < -0.3 is 4.74 Å². The number of hydrogen-bond donors (Lipinski definition) is 1. The first-order chi connectivity index (χ1) is 12.4. The highest BCUT2D eigenvalue weighted by atomic mass is 32.1. The number of amides is 1. The molecule has 0 bridgehead atoms. The summed E-state index contributed by atoms with van der Waals surface area (Å²) in [5.74, 6) is 0.468. The van der Waals surface area contributed by atoms with Crippen LogP contribution in [-0.4, -0.2) is 17.0 Å². The Morgan fingerprint density at radius 2 is 1.92 bits per heavy atom. The van der Waals surface area contributed by atoms with Crippen LogP contribution in [0.1, 0.15) is 23.6 Å². The maximum atomic E-state index is 12.4. The van der Waals surface area contributed by atoms with Gasteiger partial charge in [-0.1, -0.05) is 24.3 Å². The maximum absolute atomic E-state index is 12.4. The van der Waals surface area contributed by atoms with E-state index in [1.54, 1.807) is 6.92 Å².